The van der Waals surface area contributed by atoms with Crippen molar-refractivity contribution in [2.24, 2.45) is 5.73 Å². The second-order valence-electron chi connectivity index (χ2n) is 5.53. The molecule has 0 aliphatic carbocycles. The van der Waals surface area contributed by atoms with Crippen molar-refractivity contribution in [2.75, 3.05) is 13.1 Å². The summed E-state index contributed by atoms with van der Waals surface area (Å²) in [5, 5.41) is 10.4. The first-order valence-corrected chi connectivity index (χ1v) is 7.62. The fourth-order valence-corrected chi connectivity index (χ4v) is 2.67. The number of nitrogens with two attached hydrogens (primary N) is 1. The minimum Gasteiger partial charge on any atom is -0.364 e. The average molecular weight is 350 g/mol. The number of nitrogens with one attached hydrogen (secondary N) is 2. The van der Waals surface area contributed by atoms with Gasteiger partial charge in [0.1, 0.15) is 5.69 Å². The molecule has 1 saturated heterocycles. The van der Waals surface area contributed by atoms with Gasteiger partial charge in [0.15, 0.2) is 5.69 Å². The van der Waals surface area contributed by atoms with Gasteiger partial charge in [-0.05, 0) is 31.5 Å². The Balaban J connectivity index is 0.00000208. The summed E-state index contributed by atoms with van der Waals surface area (Å²) in [7, 11) is 0. The van der Waals surface area contributed by atoms with Crippen molar-refractivity contribution in [2.45, 2.75) is 18.9 Å². The molecule has 1 aliphatic rings. The topological polar surface area (TPSA) is 102 Å². The first-order chi connectivity index (χ1) is 11.1. The highest BCUT2D eigenvalue weighted by Gasteiger charge is 2.20. The number of hydrogen-bond donors (Lipinski definition) is 3. The first-order valence-electron chi connectivity index (χ1n) is 7.62. The van der Waals surface area contributed by atoms with Gasteiger partial charge in [0.2, 0.25) is 0 Å². The van der Waals surface area contributed by atoms with E-state index in [0.717, 1.165) is 19.4 Å². The molecule has 1 atom stereocenters. The lowest BCUT2D eigenvalue weighted by molar-refractivity contribution is 0.0944. The van der Waals surface area contributed by atoms with Crippen molar-refractivity contribution in [3.63, 3.8) is 0 Å². The Kier molecular flexibility index (Phi) is 5.94. The highest BCUT2D eigenvalue weighted by Crippen LogP contribution is 2.12. The third-order valence-electron chi connectivity index (χ3n) is 3.87. The quantitative estimate of drug-likeness (QED) is 0.745. The number of nitrogens with zero attached hydrogens (tertiary/aromatic N) is 2. The van der Waals surface area contributed by atoms with Gasteiger partial charge in [-0.3, -0.25) is 9.59 Å². The molecule has 1 aromatic carbocycles. The molecule has 2 aromatic rings. The van der Waals surface area contributed by atoms with Crippen molar-refractivity contribution in [1.82, 2.24) is 20.4 Å². The van der Waals surface area contributed by atoms with E-state index in [0.29, 0.717) is 18.3 Å². The number of rotatable bonds is 5. The Morgan fingerprint density at radius 1 is 1.33 bits per heavy atom. The van der Waals surface area contributed by atoms with Crippen LogP contribution in [0.25, 0.3) is 5.69 Å². The maximum absolute atomic E-state index is 12.3. The molecule has 0 spiro atoms. The Bertz CT molecular complexity index is 711. The predicted octanol–water partition coefficient (Wildman–Crippen LogP) is 0.875. The van der Waals surface area contributed by atoms with Crippen molar-refractivity contribution in [3.8, 4) is 5.69 Å². The summed E-state index contributed by atoms with van der Waals surface area (Å²) in [6.45, 7) is 1.53. The van der Waals surface area contributed by atoms with Crippen LogP contribution >= 0.6 is 12.4 Å². The van der Waals surface area contributed by atoms with Crippen LogP contribution in [0.3, 0.4) is 0 Å². The zero-order chi connectivity index (χ0) is 16.2. The summed E-state index contributed by atoms with van der Waals surface area (Å²) in [5.41, 5.74) is 6.44. The molecule has 1 aromatic heterocycles. The van der Waals surface area contributed by atoms with E-state index in [1.54, 1.807) is 12.1 Å². The molecular formula is C16H20ClN5O2. The number of carbonyl (C=O) groups excluding carboxylic acids is 2. The van der Waals surface area contributed by atoms with Crippen LogP contribution in [-0.2, 0) is 0 Å². The minimum absolute atomic E-state index is 0. The molecule has 0 saturated carbocycles. The van der Waals surface area contributed by atoms with E-state index in [9.17, 15) is 9.59 Å². The Labute approximate surface area is 146 Å². The van der Waals surface area contributed by atoms with E-state index in [1.165, 1.54) is 10.7 Å². The first kappa shape index (κ1) is 18.0. The lowest BCUT2D eigenvalue weighted by atomic mass is 10.2. The standard InChI is InChI=1S/C16H19N5O2.ClH/c17-15(22)14-9-13(16(23)19-10-11-5-4-8-18-11)20-21(14)12-6-2-1-3-7-12;/h1-3,6-7,9,11,18H,4-5,8,10H2,(H2,17,22)(H,19,23);1H. The van der Waals surface area contributed by atoms with Gasteiger partial charge in [-0.1, -0.05) is 18.2 Å². The number of hydrogen-bond acceptors (Lipinski definition) is 4. The fourth-order valence-electron chi connectivity index (χ4n) is 2.67. The molecule has 4 N–H and O–H groups in total. The third kappa shape index (κ3) is 3.93. The predicted molar refractivity (Wildman–Crippen MR) is 92.7 cm³/mol. The monoisotopic (exact) mass is 349 g/mol. The van der Waals surface area contributed by atoms with Crippen LogP contribution in [0.4, 0.5) is 0 Å². The molecule has 3 rings (SSSR count). The molecule has 7 nitrogen and oxygen atoms in total. The molecule has 2 heterocycles. The molecular weight excluding hydrogens is 330 g/mol. The Hall–Kier alpha value is -2.38. The van der Waals surface area contributed by atoms with Crippen LogP contribution < -0.4 is 16.4 Å². The number of amides is 2. The summed E-state index contributed by atoms with van der Waals surface area (Å²) in [5.74, 6) is -0.936. The summed E-state index contributed by atoms with van der Waals surface area (Å²) >= 11 is 0. The maximum Gasteiger partial charge on any atom is 0.271 e. The number of primary amides is 1. The van der Waals surface area contributed by atoms with Crippen LogP contribution in [-0.4, -0.2) is 40.7 Å². The third-order valence-corrected chi connectivity index (χ3v) is 3.87. The minimum atomic E-state index is -0.627. The highest BCUT2D eigenvalue weighted by molar-refractivity contribution is 5.97. The van der Waals surface area contributed by atoms with Crippen molar-refractivity contribution < 1.29 is 9.59 Å². The number of benzene rings is 1. The summed E-state index contributed by atoms with van der Waals surface area (Å²) in [6.07, 6.45) is 2.17. The number of halogens is 1. The average Bonchev–Trinajstić information content (AvgIpc) is 3.23. The Morgan fingerprint density at radius 3 is 2.71 bits per heavy atom. The van der Waals surface area contributed by atoms with Crippen LogP contribution in [0.2, 0.25) is 0 Å². The molecule has 2 amide bonds. The van der Waals surface area contributed by atoms with Gasteiger partial charge in [-0.2, -0.15) is 5.10 Å². The normalized spacial score (nSPS) is 16.4. The van der Waals surface area contributed by atoms with Gasteiger partial charge >= 0.3 is 0 Å². The van der Waals surface area contributed by atoms with Crippen LogP contribution in [0.15, 0.2) is 36.4 Å². The number of carbonyl (C=O) groups is 2. The second-order valence-corrected chi connectivity index (χ2v) is 5.53. The van der Waals surface area contributed by atoms with E-state index < -0.39 is 5.91 Å². The van der Waals surface area contributed by atoms with E-state index in [2.05, 4.69) is 15.7 Å². The zero-order valence-corrected chi connectivity index (χ0v) is 13.9. The van der Waals surface area contributed by atoms with E-state index in [1.807, 2.05) is 18.2 Å². The number of aromatic nitrogens is 2. The Morgan fingerprint density at radius 2 is 2.08 bits per heavy atom. The van der Waals surface area contributed by atoms with Crippen molar-refractivity contribution in [1.29, 1.82) is 0 Å². The van der Waals surface area contributed by atoms with Gasteiger partial charge < -0.3 is 16.4 Å². The lowest BCUT2D eigenvalue weighted by Crippen LogP contribution is -2.37. The smallest absolute Gasteiger partial charge is 0.271 e. The van der Waals surface area contributed by atoms with E-state index in [-0.39, 0.29) is 29.7 Å². The molecule has 128 valence electrons. The van der Waals surface area contributed by atoms with Gasteiger partial charge in [0, 0.05) is 18.7 Å². The SMILES string of the molecule is Cl.NC(=O)c1cc(C(=O)NCC2CCCN2)nn1-c1ccccc1. The summed E-state index contributed by atoms with van der Waals surface area (Å²) in [6, 6.07) is 10.8. The van der Waals surface area contributed by atoms with Gasteiger partial charge in [-0.15, -0.1) is 12.4 Å². The molecule has 1 fully saturated rings. The molecule has 24 heavy (non-hydrogen) atoms. The number of para-hydroxylation sites is 1. The van der Waals surface area contributed by atoms with Crippen molar-refractivity contribution >= 4 is 24.2 Å². The lowest BCUT2D eigenvalue weighted by Gasteiger charge is -2.10. The summed E-state index contributed by atoms with van der Waals surface area (Å²) in [4.78, 5) is 23.9. The van der Waals surface area contributed by atoms with Crippen LogP contribution in [0.1, 0.15) is 33.8 Å². The zero-order valence-electron chi connectivity index (χ0n) is 13.1. The van der Waals surface area contributed by atoms with Gasteiger partial charge in [0.05, 0.1) is 5.69 Å². The van der Waals surface area contributed by atoms with Gasteiger partial charge in [0.25, 0.3) is 11.8 Å². The summed E-state index contributed by atoms with van der Waals surface area (Å²) < 4.78 is 1.39. The molecule has 8 heteroatoms. The maximum atomic E-state index is 12.3. The van der Waals surface area contributed by atoms with E-state index >= 15 is 0 Å². The molecule has 1 aliphatic heterocycles. The fraction of sp³-hybridized carbons (Fsp3) is 0.312. The van der Waals surface area contributed by atoms with Crippen molar-refractivity contribution in [3.05, 3.63) is 47.8 Å². The van der Waals surface area contributed by atoms with Crippen LogP contribution in [0, 0.1) is 0 Å². The van der Waals surface area contributed by atoms with Gasteiger partial charge in [-0.25, -0.2) is 4.68 Å². The van der Waals surface area contributed by atoms with Crippen LogP contribution in [0.5, 0.6) is 0 Å². The largest absolute Gasteiger partial charge is 0.364 e. The molecule has 0 bridgehead atoms. The highest BCUT2D eigenvalue weighted by atomic mass is 35.5. The van der Waals surface area contributed by atoms with E-state index in [4.69, 9.17) is 5.73 Å². The molecule has 0 radical (unpaired) electrons. The second kappa shape index (κ2) is 7.94. The molecule has 1 unspecified atom stereocenters.